The largest absolute Gasteiger partial charge is 0.474 e. The Morgan fingerprint density at radius 3 is 2.79 bits per heavy atom. The first-order valence-corrected chi connectivity index (χ1v) is 5.85. The van der Waals surface area contributed by atoms with Crippen LogP contribution in [-0.2, 0) is 9.59 Å². The summed E-state index contributed by atoms with van der Waals surface area (Å²) in [6.07, 6.45) is 3.04. The van der Waals surface area contributed by atoms with Crippen LogP contribution in [0.1, 0.15) is 26.2 Å². The lowest BCUT2D eigenvalue weighted by atomic mass is 10.2. The number of carboxylic acid groups (broad SMARTS) is 1. The average molecular weight is 217 g/mol. The smallest absolute Gasteiger partial charge is 0.394 e. The number of aliphatic carboxylic acids is 1. The van der Waals surface area contributed by atoms with E-state index in [-0.39, 0.29) is 6.04 Å². The first-order chi connectivity index (χ1) is 6.65. The van der Waals surface area contributed by atoms with E-state index in [0.29, 0.717) is 5.25 Å². The molecule has 0 bridgehead atoms. The number of thioether (sulfide) groups is 1. The van der Waals surface area contributed by atoms with Gasteiger partial charge in [0.1, 0.15) is 0 Å². The van der Waals surface area contributed by atoms with Gasteiger partial charge in [0.25, 0.3) is 0 Å². The van der Waals surface area contributed by atoms with Crippen molar-refractivity contribution in [3.05, 3.63) is 0 Å². The summed E-state index contributed by atoms with van der Waals surface area (Å²) in [4.78, 5) is 21.3. The van der Waals surface area contributed by atoms with Crippen molar-refractivity contribution in [2.24, 2.45) is 0 Å². The second kappa shape index (κ2) is 5.24. The van der Waals surface area contributed by atoms with E-state index in [1.807, 2.05) is 0 Å². The summed E-state index contributed by atoms with van der Waals surface area (Å²) in [6, 6.07) is 0.0450. The molecule has 0 heterocycles. The molecule has 2 N–H and O–H groups in total. The molecule has 0 radical (unpaired) electrons. The first-order valence-electron chi connectivity index (χ1n) is 4.80. The van der Waals surface area contributed by atoms with E-state index in [1.54, 1.807) is 11.8 Å². The van der Waals surface area contributed by atoms with Gasteiger partial charge in [-0.1, -0.05) is 13.3 Å². The Morgan fingerprint density at radius 2 is 2.21 bits per heavy atom. The summed E-state index contributed by atoms with van der Waals surface area (Å²) in [5.74, 6) is -1.26. The predicted molar refractivity (Wildman–Crippen MR) is 55.3 cm³/mol. The predicted octanol–water partition coefficient (Wildman–Crippen LogP) is 0.861. The van der Waals surface area contributed by atoms with Crippen LogP contribution in [0.3, 0.4) is 0 Å². The molecule has 0 aromatic heterocycles. The molecule has 0 spiro atoms. The van der Waals surface area contributed by atoms with E-state index in [9.17, 15) is 9.59 Å². The van der Waals surface area contributed by atoms with Gasteiger partial charge in [-0.25, -0.2) is 4.79 Å². The fourth-order valence-electron chi connectivity index (χ4n) is 1.73. The number of hydrogen-bond acceptors (Lipinski definition) is 3. The van der Waals surface area contributed by atoms with Crippen molar-refractivity contribution in [1.29, 1.82) is 0 Å². The summed E-state index contributed by atoms with van der Waals surface area (Å²) in [5.41, 5.74) is 0. The van der Waals surface area contributed by atoms with Crippen LogP contribution in [0.4, 0.5) is 0 Å². The summed E-state index contributed by atoms with van der Waals surface area (Å²) in [6.45, 7) is 2.07. The maximum atomic E-state index is 10.9. The minimum atomic E-state index is -1.39. The molecule has 2 atom stereocenters. The maximum absolute atomic E-state index is 10.9. The number of nitrogens with one attached hydrogen (secondary N) is 1. The Morgan fingerprint density at radius 1 is 1.50 bits per heavy atom. The first kappa shape index (κ1) is 11.4. The van der Waals surface area contributed by atoms with Crippen LogP contribution >= 0.6 is 11.8 Å². The molecule has 1 fully saturated rings. The Balaban J connectivity index is 2.42. The fraction of sp³-hybridized carbons (Fsp3) is 0.778. The molecule has 5 heteroatoms. The molecule has 14 heavy (non-hydrogen) atoms. The van der Waals surface area contributed by atoms with Crippen molar-refractivity contribution in [3.8, 4) is 0 Å². The molecule has 1 rings (SSSR count). The second-order valence-corrected chi connectivity index (χ2v) is 4.83. The molecular weight excluding hydrogens is 202 g/mol. The number of carboxylic acids is 1. The maximum Gasteiger partial charge on any atom is 0.394 e. The molecule has 1 saturated carbocycles. The summed E-state index contributed by atoms with van der Waals surface area (Å²) in [5, 5.41) is 11.4. The van der Waals surface area contributed by atoms with E-state index in [0.717, 1.165) is 25.0 Å². The summed E-state index contributed by atoms with van der Waals surface area (Å²) in [7, 11) is 0. The van der Waals surface area contributed by atoms with Gasteiger partial charge in [0.15, 0.2) is 0 Å². The zero-order chi connectivity index (χ0) is 10.6. The Hall–Kier alpha value is -0.710. The van der Waals surface area contributed by atoms with Gasteiger partial charge in [0.05, 0.1) is 0 Å². The van der Waals surface area contributed by atoms with Crippen LogP contribution in [0.15, 0.2) is 0 Å². The minimum Gasteiger partial charge on any atom is -0.474 e. The van der Waals surface area contributed by atoms with Gasteiger partial charge in [-0.3, -0.25) is 4.79 Å². The van der Waals surface area contributed by atoms with Crippen LogP contribution in [-0.4, -0.2) is 34.0 Å². The van der Waals surface area contributed by atoms with Gasteiger partial charge in [0, 0.05) is 11.3 Å². The number of hydrogen-bond donors (Lipinski definition) is 2. The monoisotopic (exact) mass is 217 g/mol. The topological polar surface area (TPSA) is 66.4 Å². The lowest BCUT2D eigenvalue weighted by molar-refractivity contribution is -0.150. The highest BCUT2D eigenvalue weighted by Gasteiger charge is 2.29. The second-order valence-electron chi connectivity index (χ2n) is 3.31. The lowest BCUT2D eigenvalue weighted by Gasteiger charge is -2.18. The van der Waals surface area contributed by atoms with E-state index in [4.69, 9.17) is 5.11 Å². The Labute approximate surface area is 87.4 Å². The Kier molecular flexibility index (Phi) is 4.25. The fourth-order valence-corrected chi connectivity index (χ4v) is 2.93. The van der Waals surface area contributed by atoms with Crippen LogP contribution in [0.25, 0.3) is 0 Å². The minimum absolute atomic E-state index is 0.0450. The van der Waals surface area contributed by atoms with E-state index in [2.05, 4.69) is 12.2 Å². The van der Waals surface area contributed by atoms with Gasteiger partial charge in [-0.2, -0.15) is 11.8 Å². The van der Waals surface area contributed by atoms with Gasteiger partial charge >= 0.3 is 11.9 Å². The van der Waals surface area contributed by atoms with Crippen molar-refractivity contribution in [3.63, 3.8) is 0 Å². The van der Waals surface area contributed by atoms with Gasteiger partial charge in [-0.15, -0.1) is 0 Å². The summed E-state index contributed by atoms with van der Waals surface area (Å²) < 4.78 is 0. The Bertz CT molecular complexity index is 232. The highest BCUT2D eigenvalue weighted by molar-refractivity contribution is 7.99. The number of carbonyl (C=O) groups is 2. The molecule has 4 nitrogen and oxygen atoms in total. The lowest BCUT2D eigenvalue weighted by Crippen LogP contribution is -2.42. The highest BCUT2D eigenvalue weighted by atomic mass is 32.2. The van der Waals surface area contributed by atoms with Gasteiger partial charge in [0.2, 0.25) is 0 Å². The quantitative estimate of drug-likeness (QED) is 0.688. The van der Waals surface area contributed by atoms with Crippen molar-refractivity contribution in [1.82, 2.24) is 5.32 Å². The zero-order valence-corrected chi connectivity index (χ0v) is 8.97. The third-order valence-corrected chi connectivity index (χ3v) is 3.67. The third kappa shape index (κ3) is 2.90. The van der Waals surface area contributed by atoms with Crippen LogP contribution in [0.5, 0.6) is 0 Å². The molecule has 0 aliphatic heterocycles. The van der Waals surface area contributed by atoms with Crippen LogP contribution < -0.4 is 5.32 Å². The normalized spacial score (nSPS) is 26.1. The molecule has 0 aromatic carbocycles. The third-order valence-electron chi connectivity index (χ3n) is 2.34. The van der Waals surface area contributed by atoms with Crippen molar-refractivity contribution >= 4 is 23.6 Å². The standard InChI is InChI=1S/C9H15NO3S/c1-2-14-7-5-3-4-6(7)10-8(11)9(12)13/h6-7H,2-5H2,1H3,(H,10,11)(H,12,13). The molecule has 80 valence electrons. The molecule has 0 saturated heterocycles. The van der Waals surface area contributed by atoms with Crippen molar-refractivity contribution in [2.45, 2.75) is 37.5 Å². The van der Waals surface area contributed by atoms with Crippen molar-refractivity contribution in [2.75, 3.05) is 5.75 Å². The van der Waals surface area contributed by atoms with E-state index in [1.165, 1.54) is 0 Å². The molecule has 0 aromatic rings. The van der Waals surface area contributed by atoms with Gasteiger partial charge in [-0.05, 0) is 18.6 Å². The molecular formula is C9H15NO3S. The van der Waals surface area contributed by atoms with Crippen LogP contribution in [0, 0.1) is 0 Å². The summed E-state index contributed by atoms with van der Waals surface area (Å²) >= 11 is 1.79. The number of amides is 1. The number of carbonyl (C=O) groups excluding carboxylic acids is 1. The van der Waals surface area contributed by atoms with Crippen molar-refractivity contribution < 1.29 is 14.7 Å². The van der Waals surface area contributed by atoms with E-state index >= 15 is 0 Å². The zero-order valence-electron chi connectivity index (χ0n) is 8.16. The average Bonchev–Trinajstić information content (AvgIpc) is 2.53. The molecule has 1 amide bonds. The molecule has 1 aliphatic rings. The molecule has 1 aliphatic carbocycles. The van der Waals surface area contributed by atoms with Crippen LogP contribution in [0.2, 0.25) is 0 Å². The highest BCUT2D eigenvalue weighted by Crippen LogP contribution is 2.29. The number of rotatable bonds is 3. The van der Waals surface area contributed by atoms with E-state index < -0.39 is 11.9 Å². The van der Waals surface area contributed by atoms with Gasteiger partial charge < -0.3 is 10.4 Å². The molecule has 2 unspecified atom stereocenters. The SMILES string of the molecule is CCSC1CCCC1NC(=O)C(=O)O.